The largest absolute Gasteiger partial charge is 0.453 e. The van der Waals surface area contributed by atoms with Gasteiger partial charge in [0.2, 0.25) is 5.91 Å². The summed E-state index contributed by atoms with van der Waals surface area (Å²) in [6, 6.07) is 18.4. The van der Waals surface area contributed by atoms with E-state index in [-0.39, 0.29) is 29.8 Å². The standard InChI is InChI=1S/C47H60N8O8Si/c1-60-46(58)52-39(30-15-20-62-21-16-30)44(56)54-19-5-6-37(54)42-48-25-36(50-42)29-9-7-28(8-10-29)32-11-13-34-33(24-32)12-14-35-41(34)51-43(49-35)38-26-64(3,4)27-55(38)45(57)40(53-47(59)61-2)31-17-22-63-23-18-31/h7-14,24-25,30-31,37-40,44,56H,5-6,15-23,26-27H2,1-4H3,(H,48,50)(H,49,51)(H,52,58)(H,53,59)/q-1/t37-,38-,39-,40-,44?/m0/s1. The fourth-order valence-electron chi connectivity index (χ4n) is 10.5. The Morgan fingerprint density at radius 3 is 2.20 bits per heavy atom. The van der Waals surface area contributed by atoms with Gasteiger partial charge in [-0.05, 0) is 84.6 Å². The number of aromatic amines is 2. The van der Waals surface area contributed by atoms with Crippen LogP contribution in [-0.2, 0) is 23.7 Å². The van der Waals surface area contributed by atoms with Gasteiger partial charge in [-0.15, -0.1) is 14.1 Å². The van der Waals surface area contributed by atoms with E-state index in [0.717, 1.165) is 87.6 Å². The van der Waals surface area contributed by atoms with Crippen molar-refractivity contribution in [3.63, 3.8) is 0 Å². The molecule has 0 saturated carbocycles. The van der Waals surface area contributed by atoms with Crippen LogP contribution in [0.5, 0.6) is 0 Å². The Bertz CT molecular complexity index is 2460. The fourth-order valence-corrected chi connectivity index (χ4v) is 13.4. The summed E-state index contributed by atoms with van der Waals surface area (Å²) < 4.78 is 21.0. The van der Waals surface area contributed by atoms with E-state index in [2.05, 4.69) is 88.3 Å². The highest BCUT2D eigenvalue weighted by Gasteiger charge is 2.43. The maximum absolute atomic E-state index is 14.4. The van der Waals surface area contributed by atoms with Crippen LogP contribution in [0.2, 0.25) is 19.1 Å². The van der Waals surface area contributed by atoms with Crippen LogP contribution in [0.25, 0.3) is 44.2 Å². The molecule has 1 unspecified atom stereocenters. The number of aliphatic hydroxyl groups is 1. The molecular weight excluding hydrogens is 833 g/mol. The van der Waals surface area contributed by atoms with Gasteiger partial charge in [0.25, 0.3) is 0 Å². The maximum Gasteiger partial charge on any atom is 0.407 e. The van der Waals surface area contributed by atoms with E-state index in [0.29, 0.717) is 52.0 Å². The number of carbonyl (C=O) groups is 3. The Labute approximate surface area is 373 Å². The number of ether oxygens (including phenoxy) is 4. The molecule has 64 heavy (non-hydrogen) atoms. The van der Waals surface area contributed by atoms with Gasteiger partial charge in [-0.3, -0.25) is 9.69 Å². The summed E-state index contributed by atoms with van der Waals surface area (Å²) in [5.41, 5.74) is 5.81. The third-order valence-electron chi connectivity index (χ3n) is 13.9. The minimum atomic E-state index is -1.81. The first-order valence-corrected chi connectivity index (χ1v) is 26.1. The molecule has 0 radical (unpaired) electrons. The van der Waals surface area contributed by atoms with Gasteiger partial charge < -0.3 is 49.6 Å². The molecule has 3 amide bonds. The van der Waals surface area contributed by atoms with E-state index in [4.69, 9.17) is 28.9 Å². The van der Waals surface area contributed by atoms with Crippen LogP contribution in [0.4, 0.5) is 9.59 Å². The third kappa shape index (κ3) is 9.00. The van der Waals surface area contributed by atoms with Crippen LogP contribution in [0, 0.1) is 11.8 Å². The van der Waals surface area contributed by atoms with Crippen molar-refractivity contribution in [2.75, 3.05) is 53.4 Å². The Balaban J connectivity index is 0.915. The summed E-state index contributed by atoms with van der Waals surface area (Å²) in [6.07, 6.45) is 5.09. The number of imidazole rings is 2. The number of aromatic nitrogens is 4. The van der Waals surface area contributed by atoms with Crippen LogP contribution in [0.15, 0.2) is 60.8 Å². The molecule has 3 aromatic carbocycles. The van der Waals surface area contributed by atoms with Crippen molar-refractivity contribution in [3.8, 4) is 22.4 Å². The summed E-state index contributed by atoms with van der Waals surface area (Å²) in [4.78, 5) is 60.4. The summed E-state index contributed by atoms with van der Waals surface area (Å²) in [5.74, 6) is 1.50. The van der Waals surface area contributed by atoms with Crippen molar-refractivity contribution >= 4 is 48.0 Å². The van der Waals surface area contributed by atoms with E-state index < -0.39 is 38.6 Å². The molecule has 6 heterocycles. The molecule has 9 rings (SSSR count). The van der Waals surface area contributed by atoms with Gasteiger partial charge in [-0.25, -0.2) is 19.6 Å². The number of hydrogen-bond donors (Lipinski definition) is 5. The molecule has 5 N–H and O–H groups in total. The number of carbonyl (C=O) groups excluding carboxylic acids is 3. The molecular formula is C47H60N8O8Si-. The second-order valence-electron chi connectivity index (χ2n) is 18.6. The van der Waals surface area contributed by atoms with Crippen molar-refractivity contribution in [1.82, 2.24) is 40.4 Å². The van der Waals surface area contributed by atoms with Crippen LogP contribution in [0.3, 0.4) is 0 Å². The summed E-state index contributed by atoms with van der Waals surface area (Å²) in [7, 11) is 0.848. The zero-order valence-electron chi connectivity index (χ0n) is 37.1. The number of fused-ring (bicyclic) bond motifs is 3. The molecule has 17 heteroatoms. The normalized spacial score (nSPS) is 22.4. The summed E-state index contributed by atoms with van der Waals surface area (Å²) >= 11 is 0. The number of amides is 3. The second kappa shape index (κ2) is 18.6. The molecule has 5 aromatic rings. The average Bonchev–Trinajstić information content (AvgIpc) is 4.16. The number of likely N-dealkylation sites (tertiary alicyclic amines) is 1. The van der Waals surface area contributed by atoms with Crippen LogP contribution < -0.4 is 10.6 Å². The van der Waals surface area contributed by atoms with E-state index in [1.54, 1.807) is 0 Å². The summed E-state index contributed by atoms with van der Waals surface area (Å²) in [5, 5.41) is 19.6. The number of aliphatic hydroxyl groups excluding tert-OH is 1. The van der Waals surface area contributed by atoms with Gasteiger partial charge in [0.1, 0.15) is 23.9 Å². The molecule has 0 spiro atoms. The third-order valence-corrected chi connectivity index (χ3v) is 16.6. The van der Waals surface area contributed by atoms with Gasteiger partial charge in [0, 0.05) is 38.4 Å². The SMILES string of the molecule is COC(=O)N[C@@H](C1CCOCC1)C(O)N1CCC[C@H]1c1ncc(-c2ccc(-c3ccc4c(ccc5[nH]c([C@@H]6C[Si-](C)(C)CN6C(=O)[C@@H](NC(=O)OC)C6CCOCC6)nc54)c3)cc2)[nH]1. The smallest absolute Gasteiger partial charge is 0.407 e. The topological polar surface area (TPSA) is 196 Å². The molecule has 2 aromatic heterocycles. The maximum atomic E-state index is 14.4. The van der Waals surface area contributed by atoms with Gasteiger partial charge in [-0.1, -0.05) is 48.6 Å². The molecule has 4 saturated heterocycles. The van der Waals surface area contributed by atoms with Crippen molar-refractivity contribution < 1.29 is 38.4 Å². The number of hydrogen-bond acceptors (Lipinski definition) is 11. The first-order chi connectivity index (χ1) is 31.0. The lowest BCUT2D eigenvalue weighted by Gasteiger charge is -2.39. The van der Waals surface area contributed by atoms with E-state index >= 15 is 0 Å². The minimum Gasteiger partial charge on any atom is -0.453 e. The fraction of sp³-hybridized carbons (Fsp3) is 0.511. The summed E-state index contributed by atoms with van der Waals surface area (Å²) in [6.45, 7) is 7.61. The number of alkyl carbamates (subject to hydrolysis) is 2. The predicted octanol–water partition coefficient (Wildman–Crippen LogP) is 6.66. The average molecular weight is 893 g/mol. The molecule has 0 aliphatic carbocycles. The number of nitrogens with zero attached hydrogens (tertiary/aromatic N) is 4. The molecule has 4 aliphatic rings. The lowest BCUT2D eigenvalue weighted by atomic mass is 9.90. The highest BCUT2D eigenvalue weighted by atomic mass is 28.3. The Hall–Kier alpha value is -5.33. The molecule has 341 valence electrons. The van der Waals surface area contributed by atoms with Gasteiger partial charge in [0.05, 0.1) is 55.3 Å². The molecule has 5 atom stereocenters. The second-order valence-corrected chi connectivity index (χ2v) is 23.7. The number of rotatable bonds is 11. The van der Waals surface area contributed by atoms with Crippen LogP contribution in [0.1, 0.15) is 62.3 Å². The Morgan fingerprint density at radius 2 is 1.48 bits per heavy atom. The quantitative estimate of drug-likeness (QED) is 0.0890. The Morgan fingerprint density at radius 1 is 0.812 bits per heavy atom. The lowest BCUT2D eigenvalue weighted by molar-refractivity contribution is -0.136. The van der Waals surface area contributed by atoms with Crippen molar-refractivity contribution in [2.45, 2.75) is 88.1 Å². The van der Waals surface area contributed by atoms with Gasteiger partial charge >= 0.3 is 12.2 Å². The number of methoxy groups -OCH3 is 2. The van der Waals surface area contributed by atoms with E-state index in [9.17, 15) is 19.5 Å². The monoisotopic (exact) mass is 892 g/mol. The lowest BCUT2D eigenvalue weighted by Crippen LogP contribution is -2.56. The van der Waals surface area contributed by atoms with E-state index in [1.807, 2.05) is 16.0 Å². The van der Waals surface area contributed by atoms with E-state index in [1.165, 1.54) is 14.2 Å². The zero-order chi connectivity index (χ0) is 44.5. The minimum absolute atomic E-state index is 0.0371. The van der Waals surface area contributed by atoms with Crippen molar-refractivity contribution in [3.05, 3.63) is 72.4 Å². The number of benzene rings is 3. The van der Waals surface area contributed by atoms with Crippen molar-refractivity contribution in [1.29, 1.82) is 0 Å². The Kier molecular flexibility index (Phi) is 12.8. The highest BCUT2D eigenvalue weighted by Crippen LogP contribution is 2.40. The molecule has 4 fully saturated rings. The van der Waals surface area contributed by atoms with Crippen LogP contribution >= 0.6 is 0 Å². The first-order valence-electron chi connectivity index (χ1n) is 22.7. The highest BCUT2D eigenvalue weighted by molar-refractivity contribution is 6.78. The molecule has 0 bridgehead atoms. The molecule has 4 aliphatic heterocycles. The predicted molar refractivity (Wildman–Crippen MR) is 244 cm³/mol. The van der Waals surface area contributed by atoms with Crippen LogP contribution in [-0.4, -0.2) is 133 Å². The first kappa shape index (κ1) is 43.9. The molecule has 16 nitrogen and oxygen atoms in total. The number of nitrogens with one attached hydrogen (secondary N) is 4. The number of H-pyrrole nitrogens is 2. The van der Waals surface area contributed by atoms with Crippen molar-refractivity contribution in [2.24, 2.45) is 11.8 Å². The van der Waals surface area contributed by atoms with Gasteiger partial charge in [0.15, 0.2) is 0 Å². The van der Waals surface area contributed by atoms with Gasteiger partial charge in [-0.2, -0.15) is 13.1 Å². The zero-order valence-corrected chi connectivity index (χ0v) is 38.1.